The fraction of sp³-hybridized carbons (Fsp3) is 1.00. The number of ether oxygens (including phenoxy) is 1. The van der Waals surface area contributed by atoms with Gasteiger partial charge in [-0.25, -0.2) is 0 Å². The predicted molar refractivity (Wildman–Crippen MR) is 73.4 cm³/mol. The van der Waals surface area contributed by atoms with E-state index in [1.807, 2.05) is 0 Å². The van der Waals surface area contributed by atoms with Crippen LogP contribution in [0.25, 0.3) is 0 Å². The molecule has 17 heavy (non-hydrogen) atoms. The summed E-state index contributed by atoms with van der Waals surface area (Å²) in [6.45, 7) is 10.3. The van der Waals surface area contributed by atoms with E-state index in [2.05, 4.69) is 31.1 Å². The van der Waals surface area contributed by atoms with Crippen molar-refractivity contribution in [2.24, 2.45) is 11.3 Å². The number of rotatable bonds is 7. The Labute approximate surface area is 107 Å². The highest BCUT2D eigenvalue weighted by molar-refractivity contribution is 4.76. The quantitative estimate of drug-likeness (QED) is 0.739. The standard InChI is InChI=1S/C14H30N2O/c1-14(2,7-9-17-4)12-15-10-13-6-5-8-16(3)11-13/h13,15H,5-12H2,1-4H3. The summed E-state index contributed by atoms with van der Waals surface area (Å²) in [5.74, 6) is 0.840. The topological polar surface area (TPSA) is 24.5 Å². The third kappa shape index (κ3) is 6.39. The first-order valence-corrected chi connectivity index (χ1v) is 6.92. The second-order valence-corrected chi connectivity index (χ2v) is 6.31. The zero-order chi connectivity index (χ0) is 12.7. The van der Waals surface area contributed by atoms with Crippen LogP contribution in [0, 0.1) is 11.3 Å². The monoisotopic (exact) mass is 242 g/mol. The Balaban J connectivity index is 2.13. The fourth-order valence-corrected chi connectivity index (χ4v) is 2.52. The lowest BCUT2D eigenvalue weighted by molar-refractivity contribution is 0.147. The minimum atomic E-state index is 0.344. The third-order valence-corrected chi connectivity index (χ3v) is 3.74. The van der Waals surface area contributed by atoms with Crippen molar-refractivity contribution in [1.29, 1.82) is 0 Å². The summed E-state index contributed by atoms with van der Waals surface area (Å²) in [6, 6.07) is 0. The van der Waals surface area contributed by atoms with E-state index in [9.17, 15) is 0 Å². The van der Waals surface area contributed by atoms with Crippen LogP contribution in [0.15, 0.2) is 0 Å². The Kier molecular flexibility index (Phi) is 6.45. The molecule has 0 saturated carbocycles. The molecular weight excluding hydrogens is 212 g/mol. The Hall–Kier alpha value is -0.120. The van der Waals surface area contributed by atoms with E-state index in [0.29, 0.717) is 5.41 Å². The van der Waals surface area contributed by atoms with E-state index in [1.165, 1.54) is 32.5 Å². The van der Waals surface area contributed by atoms with Crippen LogP contribution < -0.4 is 5.32 Å². The van der Waals surface area contributed by atoms with Gasteiger partial charge in [-0.1, -0.05) is 13.8 Å². The number of nitrogens with one attached hydrogen (secondary N) is 1. The minimum absolute atomic E-state index is 0.344. The van der Waals surface area contributed by atoms with E-state index in [1.54, 1.807) is 7.11 Å². The van der Waals surface area contributed by atoms with Crippen LogP contribution in [-0.4, -0.2) is 51.8 Å². The maximum atomic E-state index is 5.15. The average Bonchev–Trinajstić information content (AvgIpc) is 2.26. The molecule has 1 fully saturated rings. The molecule has 1 saturated heterocycles. The lowest BCUT2D eigenvalue weighted by Crippen LogP contribution is -2.40. The molecule has 1 aliphatic rings. The molecule has 1 aliphatic heterocycles. The minimum Gasteiger partial charge on any atom is -0.385 e. The van der Waals surface area contributed by atoms with Gasteiger partial charge in [0.15, 0.2) is 0 Å². The van der Waals surface area contributed by atoms with Gasteiger partial charge in [0.05, 0.1) is 0 Å². The summed E-state index contributed by atoms with van der Waals surface area (Å²) in [5, 5.41) is 3.64. The van der Waals surface area contributed by atoms with Gasteiger partial charge in [0.1, 0.15) is 0 Å². The van der Waals surface area contributed by atoms with Crippen molar-refractivity contribution in [1.82, 2.24) is 10.2 Å². The van der Waals surface area contributed by atoms with E-state index in [0.717, 1.165) is 25.5 Å². The molecule has 0 amide bonds. The van der Waals surface area contributed by atoms with E-state index in [-0.39, 0.29) is 0 Å². The van der Waals surface area contributed by atoms with Crippen LogP contribution >= 0.6 is 0 Å². The van der Waals surface area contributed by atoms with Gasteiger partial charge >= 0.3 is 0 Å². The molecule has 0 bridgehead atoms. The Bertz CT molecular complexity index is 206. The zero-order valence-electron chi connectivity index (χ0n) is 12.1. The van der Waals surface area contributed by atoms with Gasteiger partial charge in [-0.2, -0.15) is 0 Å². The molecule has 1 N–H and O–H groups in total. The normalized spacial score (nSPS) is 22.9. The molecule has 3 heteroatoms. The van der Waals surface area contributed by atoms with Crippen LogP contribution in [0.5, 0.6) is 0 Å². The molecular formula is C14H30N2O. The Morgan fingerprint density at radius 2 is 2.18 bits per heavy atom. The summed E-state index contributed by atoms with van der Waals surface area (Å²) in [6.07, 6.45) is 3.87. The van der Waals surface area contributed by atoms with Crippen molar-refractivity contribution in [2.45, 2.75) is 33.1 Å². The van der Waals surface area contributed by atoms with Gasteiger partial charge in [-0.3, -0.25) is 0 Å². The zero-order valence-corrected chi connectivity index (χ0v) is 12.1. The maximum Gasteiger partial charge on any atom is 0.0467 e. The van der Waals surface area contributed by atoms with Gasteiger partial charge in [0, 0.05) is 26.8 Å². The number of hydrogen-bond acceptors (Lipinski definition) is 3. The Morgan fingerprint density at radius 3 is 2.82 bits per heavy atom. The van der Waals surface area contributed by atoms with Gasteiger partial charge in [0.2, 0.25) is 0 Å². The highest BCUT2D eigenvalue weighted by atomic mass is 16.5. The molecule has 0 aliphatic carbocycles. The first kappa shape index (κ1) is 14.9. The molecule has 102 valence electrons. The molecule has 1 atom stereocenters. The van der Waals surface area contributed by atoms with Crippen molar-refractivity contribution in [3.8, 4) is 0 Å². The number of nitrogens with zero attached hydrogens (tertiary/aromatic N) is 1. The molecule has 1 rings (SSSR count). The summed E-state index contributed by atoms with van der Waals surface area (Å²) >= 11 is 0. The van der Waals surface area contributed by atoms with Crippen molar-refractivity contribution >= 4 is 0 Å². The average molecular weight is 242 g/mol. The molecule has 0 spiro atoms. The van der Waals surface area contributed by atoms with Gasteiger partial charge in [0.25, 0.3) is 0 Å². The van der Waals surface area contributed by atoms with Crippen molar-refractivity contribution in [2.75, 3.05) is 46.9 Å². The van der Waals surface area contributed by atoms with Crippen LogP contribution in [0.2, 0.25) is 0 Å². The SMILES string of the molecule is COCCC(C)(C)CNCC1CCCN(C)C1. The first-order valence-electron chi connectivity index (χ1n) is 6.92. The summed E-state index contributed by atoms with van der Waals surface area (Å²) in [4.78, 5) is 2.45. The van der Waals surface area contributed by atoms with Gasteiger partial charge < -0.3 is 15.0 Å². The van der Waals surface area contributed by atoms with Crippen LogP contribution in [0.4, 0.5) is 0 Å². The lowest BCUT2D eigenvalue weighted by atomic mass is 9.89. The van der Waals surface area contributed by atoms with Crippen molar-refractivity contribution in [3.05, 3.63) is 0 Å². The van der Waals surface area contributed by atoms with Crippen molar-refractivity contribution < 1.29 is 4.74 Å². The maximum absolute atomic E-state index is 5.15. The second-order valence-electron chi connectivity index (χ2n) is 6.31. The van der Waals surface area contributed by atoms with Crippen molar-refractivity contribution in [3.63, 3.8) is 0 Å². The van der Waals surface area contributed by atoms with Crippen LogP contribution in [0.3, 0.4) is 0 Å². The highest BCUT2D eigenvalue weighted by Crippen LogP contribution is 2.19. The molecule has 1 heterocycles. The van der Waals surface area contributed by atoms with E-state index < -0.39 is 0 Å². The first-order chi connectivity index (χ1) is 8.03. The molecule has 1 unspecified atom stereocenters. The molecule has 0 aromatic heterocycles. The fourth-order valence-electron chi connectivity index (χ4n) is 2.52. The predicted octanol–water partition coefficient (Wildman–Crippen LogP) is 1.98. The van der Waals surface area contributed by atoms with E-state index in [4.69, 9.17) is 4.74 Å². The van der Waals surface area contributed by atoms with Crippen LogP contribution in [0.1, 0.15) is 33.1 Å². The second kappa shape index (κ2) is 7.34. The van der Waals surface area contributed by atoms with Gasteiger partial charge in [-0.15, -0.1) is 0 Å². The molecule has 3 nitrogen and oxygen atoms in total. The number of piperidine rings is 1. The molecule has 0 aromatic carbocycles. The highest BCUT2D eigenvalue weighted by Gasteiger charge is 2.20. The third-order valence-electron chi connectivity index (χ3n) is 3.74. The smallest absolute Gasteiger partial charge is 0.0467 e. The summed E-state index contributed by atoms with van der Waals surface area (Å²) in [5.41, 5.74) is 0.344. The number of likely N-dealkylation sites (tertiary alicyclic amines) is 1. The summed E-state index contributed by atoms with van der Waals surface area (Å²) in [7, 11) is 4.01. The number of hydrogen-bond donors (Lipinski definition) is 1. The van der Waals surface area contributed by atoms with Crippen LogP contribution in [-0.2, 0) is 4.74 Å². The Morgan fingerprint density at radius 1 is 1.41 bits per heavy atom. The largest absolute Gasteiger partial charge is 0.385 e. The van der Waals surface area contributed by atoms with Gasteiger partial charge in [-0.05, 0) is 50.7 Å². The number of methoxy groups -OCH3 is 1. The molecule has 0 aromatic rings. The summed E-state index contributed by atoms with van der Waals surface area (Å²) < 4.78 is 5.15. The molecule has 0 radical (unpaired) electrons. The lowest BCUT2D eigenvalue weighted by Gasteiger charge is -2.31. The van der Waals surface area contributed by atoms with E-state index >= 15 is 0 Å².